The molecule has 0 radical (unpaired) electrons. The van der Waals surface area contributed by atoms with Gasteiger partial charge in [0.1, 0.15) is 0 Å². The Kier molecular flexibility index (Phi) is 4.75. The Labute approximate surface area is 141 Å². The number of carbonyl (C=O) groups is 1. The second-order valence-corrected chi connectivity index (χ2v) is 5.70. The lowest BCUT2D eigenvalue weighted by Gasteiger charge is -2.07. The molecule has 0 aliphatic heterocycles. The minimum absolute atomic E-state index is 0.109. The number of hydrogen-bond acceptors (Lipinski definition) is 3. The molecule has 0 aliphatic carbocycles. The minimum Gasteiger partial charge on any atom is -0.436 e. The molecule has 122 valence electrons. The van der Waals surface area contributed by atoms with Crippen LogP contribution < -0.4 is 5.32 Å². The summed E-state index contributed by atoms with van der Waals surface area (Å²) in [5, 5.41) is 2.90. The van der Waals surface area contributed by atoms with Crippen LogP contribution >= 0.6 is 0 Å². The van der Waals surface area contributed by atoms with E-state index < -0.39 is 0 Å². The number of rotatable bonds is 5. The zero-order valence-electron chi connectivity index (χ0n) is 13.9. The minimum atomic E-state index is -0.109. The van der Waals surface area contributed by atoms with Gasteiger partial charge < -0.3 is 9.73 Å². The van der Waals surface area contributed by atoms with E-state index in [-0.39, 0.29) is 5.91 Å². The maximum atomic E-state index is 12.3. The van der Waals surface area contributed by atoms with Gasteiger partial charge >= 0.3 is 0 Å². The maximum absolute atomic E-state index is 12.3. The molecule has 0 aliphatic rings. The summed E-state index contributed by atoms with van der Waals surface area (Å²) in [6.07, 6.45) is 2.59. The van der Waals surface area contributed by atoms with E-state index in [1.165, 1.54) is 5.56 Å². The van der Waals surface area contributed by atoms with E-state index in [1.54, 1.807) is 12.3 Å². The molecular weight excluding hydrogens is 300 g/mol. The van der Waals surface area contributed by atoms with Crippen LogP contribution in [-0.4, -0.2) is 17.4 Å². The summed E-state index contributed by atoms with van der Waals surface area (Å²) < 4.78 is 5.90. The Morgan fingerprint density at radius 3 is 2.62 bits per heavy atom. The fourth-order valence-corrected chi connectivity index (χ4v) is 2.45. The molecule has 4 nitrogen and oxygen atoms in total. The molecule has 0 spiro atoms. The molecule has 1 heterocycles. The molecular formula is C20H20N2O2. The van der Waals surface area contributed by atoms with Crippen molar-refractivity contribution in [3.8, 4) is 22.8 Å². The summed E-state index contributed by atoms with van der Waals surface area (Å²) in [5.41, 5.74) is 3.43. The molecule has 2 aromatic carbocycles. The van der Waals surface area contributed by atoms with Crippen LogP contribution in [-0.2, 0) is 0 Å². The first-order chi connectivity index (χ1) is 11.7. The molecule has 0 fully saturated rings. The van der Waals surface area contributed by atoms with Crippen molar-refractivity contribution in [2.24, 2.45) is 0 Å². The molecule has 0 saturated carbocycles. The Hall–Kier alpha value is -2.88. The van der Waals surface area contributed by atoms with Gasteiger partial charge in [0.2, 0.25) is 5.89 Å². The number of carbonyl (C=O) groups excluding carboxylic acids is 1. The van der Waals surface area contributed by atoms with Gasteiger partial charge in [0, 0.05) is 17.7 Å². The summed E-state index contributed by atoms with van der Waals surface area (Å²) in [6, 6.07) is 15.4. The van der Waals surface area contributed by atoms with Crippen LogP contribution in [0.1, 0.15) is 29.3 Å². The van der Waals surface area contributed by atoms with Crippen molar-refractivity contribution in [1.29, 1.82) is 0 Å². The van der Waals surface area contributed by atoms with Crippen molar-refractivity contribution in [2.75, 3.05) is 6.54 Å². The highest BCUT2D eigenvalue weighted by molar-refractivity contribution is 6.00. The normalized spacial score (nSPS) is 10.6. The van der Waals surface area contributed by atoms with Gasteiger partial charge in [0.05, 0.1) is 11.8 Å². The second kappa shape index (κ2) is 7.13. The number of benzene rings is 2. The van der Waals surface area contributed by atoms with Gasteiger partial charge in [-0.1, -0.05) is 48.9 Å². The maximum Gasteiger partial charge on any atom is 0.252 e. The highest BCUT2D eigenvalue weighted by Crippen LogP contribution is 2.28. The monoisotopic (exact) mass is 320 g/mol. The van der Waals surface area contributed by atoms with Gasteiger partial charge in [0.15, 0.2) is 5.76 Å². The topological polar surface area (TPSA) is 55.1 Å². The zero-order chi connectivity index (χ0) is 16.9. The first kappa shape index (κ1) is 16.0. The van der Waals surface area contributed by atoms with Crippen LogP contribution in [0.5, 0.6) is 0 Å². The predicted octanol–water partition coefficient (Wildman–Crippen LogP) is 4.46. The SMILES string of the molecule is CCCNC(=O)c1ccccc1-c1ncc(-c2ccc(C)cc2)o1. The number of aryl methyl sites for hydroxylation is 1. The van der Waals surface area contributed by atoms with Gasteiger partial charge in [-0.3, -0.25) is 4.79 Å². The average Bonchev–Trinajstić information content (AvgIpc) is 3.10. The smallest absolute Gasteiger partial charge is 0.252 e. The van der Waals surface area contributed by atoms with Gasteiger partial charge in [-0.05, 0) is 25.5 Å². The van der Waals surface area contributed by atoms with Crippen LogP contribution in [0.3, 0.4) is 0 Å². The number of amides is 1. The van der Waals surface area contributed by atoms with Crippen LogP contribution in [0.4, 0.5) is 0 Å². The molecule has 0 saturated heterocycles. The van der Waals surface area contributed by atoms with Crippen molar-refractivity contribution in [3.05, 3.63) is 65.9 Å². The third kappa shape index (κ3) is 3.38. The van der Waals surface area contributed by atoms with Gasteiger partial charge in [-0.15, -0.1) is 0 Å². The molecule has 3 aromatic rings. The first-order valence-electron chi connectivity index (χ1n) is 8.09. The quantitative estimate of drug-likeness (QED) is 0.755. The van der Waals surface area contributed by atoms with Gasteiger partial charge in [-0.2, -0.15) is 0 Å². The Morgan fingerprint density at radius 1 is 1.12 bits per heavy atom. The summed E-state index contributed by atoms with van der Waals surface area (Å²) in [7, 11) is 0. The lowest BCUT2D eigenvalue weighted by molar-refractivity contribution is 0.0954. The molecule has 24 heavy (non-hydrogen) atoms. The average molecular weight is 320 g/mol. The van der Waals surface area contributed by atoms with E-state index in [0.717, 1.165) is 12.0 Å². The summed E-state index contributed by atoms with van der Waals surface area (Å²) >= 11 is 0. The number of hydrogen-bond donors (Lipinski definition) is 1. The van der Waals surface area contributed by atoms with E-state index in [1.807, 2.05) is 56.3 Å². The Morgan fingerprint density at radius 2 is 1.88 bits per heavy atom. The lowest BCUT2D eigenvalue weighted by Crippen LogP contribution is -2.24. The number of oxazole rings is 1. The summed E-state index contributed by atoms with van der Waals surface area (Å²) in [6.45, 7) is 4.71. The molecule has 3 rings (SSSR count). The highest BCUT2D eigenvalue weighted by atomic mass is 16.4. The molecule has 4 heteroatoms. The fourth-order valence-electron chi connectivity index (χ4n) is 2.45. The van der Waals surface area contributed by atoms with Crippen molar-refractivity contribution in [1.82, 2.24) is 10.3 Å². The molecule has 1 amide bonds. The van der Waals surface area contributed by atoms with Crippen molar-refractivity contribution in [3.63, 3.8) is 0 Å². The Bertz CT molecular complexity index is 835. The van der Waals surface area contributed by atoms with Crippen LogP contribution in [0.25, 0.3) is 22.8 Å². The third-order valence-electron chi connectivity index (χ3n) is 3.78. The molecule has 1 N–H and O–H groups in total. The fraction of sp³-hybridized carbons (Fsp3) is 0.200. The molecule has 0 atom stereocenters. The summed E-state index contributed by atoms with van der Waals surface area (Å²) in [5.74, 6) is 1.03. The lowest BCUT2D eigenvalue weighted by atomic mass is 10.1. The largest absolute Gasteiger partial charge is 0.436 e. The van der Waals surface area contributed by atoms with Crippen LogP contribution in [0, 0.1) is 6.92 Å². The summed E-state index contributed by atoms with van der Waals surface area (Å²) in [4.78, 5) is 16.7. The van der Waals surface area contributed by atoms with Crippen molar-refractivity contribution in [2.45, 2.75) is 20.3 Å². The van der Waals surface area contributed by atoms with E-state index >= 15 is 0 Å². The van der Waals surface area contributed by atoms with Crippen molar-refractivity contribution >= 4 is 5.91 Å². The first-order valence-corrected chi connectivity index (χ1v) is 8.09. The van der Waals surface area contributed by atoms with Crippen molar-refractivity contribution < 1.29 is 9.21 Å². The van der Waals surface area contributed by atoms with E-state index in [9.17, 15) is 4.79 Å². The third-order valence-corrected chi connectivity index (χ3v) is 3.78. The number of nitrogens with one attached hydrogen (secondary N) is 1. The zero-order valence-corrected chi connectivity index (χ0v) is 13.9. The number of aromatic nitrogens is 1. The van der Waals surface area contributed by atoms with Crippen LogP contribution in [0.2, 0.25) is 0 Å². The van der Waals surface area contributed by atoms with Crippen LogP contribution in [0.15, 0.2) is 59.1 Å². The van der Waals surface area contributed by atoms with Gasteiger partial charge in [0.25, 0.3) is 5.91 Å². The van der Waals surface area contributed by atoms with E-state index in [0.29, 0.717) is 29.3 Å². The highest BCUT2D eigenvalue weighted by Gasteiger charge is 2.16. The van der Waals surface area contributed by atoms with Gasteiger partial charge in [-0.25, -0.2) is 4.98 Å². The molecule has 1 aromatic heterocycles. The molecule has 0 bridgehead atoms. The predicted molar refractivity (Wildman–Crippen MR) is 94.7 cm³/mol. The second-order valence-electron chi connectivity index (χ2n) is 5.70. The Balaban J connectivity index is 1.93. The number of nitrogens with zero attached hydrogens (tertiary/aromatic N) is 1. The van der Waals surface area contributed by atoms with E-state index in [4.69, 9.17) is 4.42 Å². The molecule has 0 unspecified atom stereocenters. The standard InChI is InChI=1S/C20H20N2O2/c1-3-12-21-19(23)16-6-4-5-7-17(16)20-22-13-18(24-20)15-10-8-14(2)9-11-15/h4-11,13H,3,12H2,1-2H3,(H,21,23). The van der Waals surface area contributed by atoms with E-state index in [2.05, 4.69) is 10.3 Å².